The predicted octanol–water partition coefficient (Wildman–Crippen LogP) is 1.86. The molecule has 126 valence electrons. The van der Waals surface area contributed by atoms with Crippen molar-refractivity contribution in [2.45, 2.75) is 12.8 Å². The maximum absolute atomic E-state index is 12.4. The van der Waals surface area contributed by atoms with E-state index in [0.717, 1.165) is 0 Å². The molecule has 0 amide bonds. The molecule has 1 aliphatic rings. The molecule has 0 spiro atoms. The quantitative estimate of drug-likeness (QED) is 0.778. The lowest BCUT2D eigenvalue weighted by Gasteiger charge is -2.30. The first kappa shape index (κ1) is 17.9. The lowest BCUT2D eigenvalue weighted by Crippen LogP contribution is -2.36. The molecule has 0 aliphatic carbocycles. The van der Waals surface area contributed by atoms with Gasteiger partial charge in [-0.25, -0.2) is 9.79 Å². The summed E-state index contributed by atoms with van der Waals surface area (Å²) in [5.74, 6) is -3.23. The molecule has 2 unspecified atom stereocenters. The molecule has 2 rings (SSSR count). The highest BCUT2D eigenvalue weighted by Gasteiger charge is 2.43. The molecular formula is C18H15N3O4. The van der Waals surface area contributed by atoms with E-state index in [1.165, 1.54) is 14.2 Å². The fourth-order valence-electron chi connectivity index (χ4n) is 2.92. The van der Waals surface area contributed by atoms with Gasteiger partial charge in [0.2, 0.25) is 0 Å². The molecule has 0 saturated carbocycles. The Hall–Kier alpha value is -3.45. The topological polar surface area (TPSA) is 113 Å². The van der Waals surface area contributed by atoms with Crippen LogP contribution in [0.4, 0.5) is 0 Å². The number of benzene rings is 1. The third-order valence-electron chi connectivity index (χ3n) is 4.02. The molecule has 7 nitrogen and oxygen atoms in total. The first-order chi connectivity index (χ1) is 12.0. The zero-order chi connectivity index (χ0) is 18.6. The summed E-state index contributed by atoms with van der Waals surface area (Å²) >= 11 is 0. The van der Waals surface area contributed by atoms with Gasteiger partial charge in [-0.1, -0.05) is 18.2 Å². The molecule has 2 atom stereocenters. The Morgan fingerprint density at radius 1 is 1.12 bits per heavy atom. The number of nitrogens with zero attached hydrogens (tertiary/aromatic N) is 3. The maximum atomic E-state index is 12.4. The van der Waals surface area contributed by atoms with Crippen molar-refractivity contribution < 1.29 is 19.1 Å². The molecule has 0 aromatic heterocycles. The summed E-state index contributed by atoms with van der Waals surface area (Å²) in [6, 6.07) is 10.5. The fourth-order valence-corrected chi connectivity index (χ4v) is 2.92. The number of aliphatic imine (C=N–C) groups is 1. The molecule has 0 bridgehead atoms. The normalized spacial score (nSPS) is 19.3. The van der Waals surface area contributed by atoms with Gasteiger partial charge in [0, 0.05) is 11.6 Å². The van der Waals surface area contributed by atoms with E-state index in [-0.39, 0.29) is 16.8 Å². The Morgan fingerprint density at radius 3 is 2.36 bits per heavy atom. The van der Waals surface area contributed by atoms with Crippen molar-refractivity contribution in [1.29, 1.82) is 10.5 Å². The summed E-state index contributed by atoms with van der Waals surface area (Å²) in [6.07, 6.45) is 0. The first-order valence-corrected chi connectivity index (χ1v) is 7.34. The van der Waals surface area contributed by atoms with Crippen LogP contribution in [-0.2, 0) is 19.1 Å². The van der Waals surface area contributed by atoms with Gasteiger partial charge in [0.1, 0.15) is 12.0 Å². The van der Waals surface area contributed by atoms with Crippen molar-refractivity contribution in [3.8, 4) is 12.1 Å². The molecule has 0 fully saturated rings. The van der Waals surface area contributed by atoms with Gasteiger partial charge in [-0.3, -0.25) is 4.79 Å². The zero-order valence-corrected chi connectivity index (χ0v) is 13.9. The Labute approximate surface area is 144 Å². The highest BCUT2D eigenvalue weighted by Crippen LogP contribution is 2.41. The number of ether oxygens (including phenoxy) is 2. The highest BCUT2D eigenvalue weighted by molar-refractivity contribution is 6.07. The molecule has 0 N–H and O–H groups in total. The Kier molecular flexibility index (Phi) is 5.31. The minimum Gasteiger partial charge on any atom is -0.468 e. The molecule has 25 heavy (non-hydrogen) atoms. The van der Waals surface area contributed by atoms with Gasteiger partial charge in [-0.15, -0.1) is 0 Å². The number of carbonyl (C=O) groups is 2. The number of hydrogen-bond acceptors (Lipinski definition) is 7. The third kappa shape index (κ3) is 3.13. The van der Waals surface area contributed by atoms with Crippen LogP contribution in [0, 0.1) is 28.6 Å². The zero-order valence-electron chi connectivity index (χ0n) is 13.9. The summed E-state index contributed by atoms with van der Waals surface area (Å²) in [7, 11) is 2.40. The van der Waals surface area contributed by atoms with Crippen molar-refractivity contribution in [1.82, 2.24) is 0 Å². The number of esters is 2. The summed E-state index contributed by atoms with van der Waals surface area (Å²) in [5, 5.41) is 18.8. The smallest absolute Gasteiger partial charge is 0.337 e. The van der Waals surface area contributed by atoms with E-state index in [9.17, 15) is 20.1 Å². The van der Waals surface area contributed by atoms with Crippen molar-refractivity contribution >= 4 is 17.7 Å². The summed E-state index contributed by atoms with van der Waals surface area (Å²) < 4.78 is 9.65. The van der Waals surface area contributed by atoms with Crippen LogP contribution in [0.15, 0.2) is 40.5 Å². The molecule has 1 aromatic rings. The van der Waals surface area contributed by atoms with E-state index < -0.39 is 23.8 Å². The number of hydrogen-bond donors (Lipinski definition) is 0. The minimum absolute atomic E-state index is 0.0614. The van der Waals surface area contributed by atoms with Crippen molar-refractivity contribution in [3.05, 3.63) is 46.7 Å². The molecule has 0 radical (unpaired) electrons. The summed E-state index contributed by atoms with van der Waals surface area (Å²) in [4.78, 5) is 28.8. The van der Waals surface area contributed by atoms with Crippen LogP contribution < -0.4 is 0 Å². The molecule has 1 heterocycles. The number of methoxy groups -OCH3 is 2. The standard InChI is InChI=1S/C18H15N3O4/c1-10-14(17(22)24-2)15(12-7-5-4-6-11(12)8-19)16(18(23)25-3)13(9-20)21-10/h4-7,14-15H,1-3H3. The van der Waals surface area contributed by atoms with Gasteiger partial charge in [-0.05, 0) is 18.6 Å². The molecule has 1 aromatic carbocycles. The fraction of sp³-hybridized carbons (Fsp3) is 0.278. The van der Waals surface area contributed by atoms with E-state index in [1.807, 2.05) is 12.1 Å². The van der Waals surface area contributed by atoms with Gasteiger partial charge >= 0.3 is 11.9 Å². The second-order valence-electron chi connectivity index (χ2n) is 5.30. The van der Waals surface area contributed by atoms with Gasteiger partial charge in [0.05, 0.1) is 31.4 Å². The SMILES string of the molecule is COC(=O)C1=C(C#N)N=C(C)C(C(=O)OC)C1c1ccccc1C#N. The number of rotatable bonds is 3. The van der Waals surface area contributed by atoms with Crippen LogP contribution in [0.1, 0.15) is 24.0 Å². The first-order valence-electron chi connectivity index (χ1n) is 7.34. The monoisotopic (exact) mass is 337 g/mol. The average molecular weight is 337 g/mol. The summed E-state index contributed by atoms with van der Waals surface area (Å²) in [5.41, 5.74) is 0.849. The third-order valence-corrected chi connectivity index (χ3v) is 4.02. The number of nitriles is 2. The van der Waals surface area contributed by atoms with Crippen LogP contribution >= 0.6 is 0 Å². The van der Waals surface area contributed by atoms with Gasteiger partial charge in [-0.2, -0.15) is 10.5 Å². The van der Waals surface area contributed by atoms with Crippen LogP contribution in [0.2, 0.25) is 0 Å². The maximum Gasteiger partial charge on any atom is 0.337 e. The van der Waals surface area contributed by atoms with Gasteiger partial charge in [0.15, 0.2) is 5.70 Å². The lowest BCUT2D eigenvalue weighted by molar-refractivity contribution is -0.143. The largest absolute Gasteiger partial charge is 0.468 e. The summed E-state index contributed by atoms with van der Waals surface area (Å²) in [6.45, 7) is 1.58. The van der Waals surface area contributed by atoms with Crippen molar-refractivity contribution in [3.63, 3.8) is 0 Å². The van der Waals surface area contributed by atoms with Gasteiger partial charge in [0.25, 0.3) is 0 Å². The number of allylic oxidation sites excluding steroid dienone is 1. The Bertz CT molecular complexity index is 871. The van der Waals surface area contributed by atoms with Crippen molar-refractivity contribution in [2.24, 2.45) is 10.9 Å². The van der Waals surface area contributed by atoms with Crippen LogP contribution in [0.3, 0.4) is 0 Å². The van der Waals surface area contributed by atoms with E-state index in [0.29, 0.717) is 11.3 Å². The minimum atomic E-state index is -0.939. The Balaban J connectivity index is 2.83. The highest BCUT2D eigenvalue weighted by atomic mass is 16.5. The van der Waals surface area contributed by atoms with Crippen LogP contribution in [0.25, 0.3) is 0 Å². The molecular weight excluding hydrogens is 322 g/mol. The second kappa shape index (κ2) is 7.41. The Morgan fingerprint density at radius 2 is 1.80 bits per heavy atom. The number of carbonyl (C=O) groups excluding carboxylic acids is 2. The predicted molar refractivity (Wildman–Crippen MR) is 87.2 cm³/mol. The second-order valence-corrected chi connectivity index (χ2v) is 5.30. The van der Waals surface area contributed by atoms with E-state index in [4.69, 9.17) is 9.47 Å². The van der Waals surface area contributed by atoms with E-state index >= 15 is 0 Å². The molecule has 0 saturated heterocycles. The van der Waals surface area contributed by atoms with E-state index in [2.05, 4.69) is 4.99 Å². The van der Waals surface area contributed by atoms with Crippen LogP contribution in [-0.4, -0.2) is 31.9 Å². The molecule has 7 heteroatoms. The van der Waals surface area contributed by atoms with Crippen LogP contribution in [0.5, 0.6) is 0 Å². The molecule has 1 aliphatic heterocycles. The van der Waals surface area contributed by atoms with E-state index in [1.54, 1.807) is 31.2 Å². The lowest BCUT2D eigenvalue weighted by atomic mass is 9.74. The van der Waals surface area contributed by atoms with Crippen molar-refractivity contribution in [2.75, 3.05) is 14.2 Å². The van der Waals surface area contributed by atoms with Gasteiger partial charge < -0.3 is 9.47 Å². The average Bonchev–Trinajstić information content (AvgIpc) is 2.65.